The van der Waals surface area contributed by atoms with E-state index in [1.165, 1.54) is 26.8 Å². The standard InChI is InChI=1S/C18H22F3N3O6S/c1-11-4-5-14(29-11)17(26,18(19,20)21)10-15(25)23-6-8-24(9-7-23)31(27,28)16-12(2)22-30-13(16)3/h4-5,26H,6-10H2,1-3H3/t17-/m0/s1. The molecule has 2 aromatic heterocycles. The molecule has 1 saturated heterocycles. The number of piperazine rings is 1. The van der Waals surface area contributed by atoms with Gasteiger partial charge in [-0.2, -0.15) is 17.5 Å². The molecule has 1 N–H and O–H groups in total. The highest BCUT2D eigenvalue weighted by molar-refractivity contribution is 7.89. The number of aliphatic hydroxyl groups is 1. The number of alkyl halides is 3. The van der Waals surface area contributed by atoms with Gasteiger partial charge in [-0.1, -0.05) is 5.16 Å². The van der Waals surface area contributed by atoms with Crippen molar-refractivity contribution in [2.75, 3.05) is 26.2 Å². The van der Waals surface area contributed by atoms with Gasteiger partial charge in [0.25, 0.3) is 0 Å². The number of halogens is 3. The smallest absolute Gasteiger partial charge is 0.425 e. The van der Waals surface area contributed by atoms with Crippen LogP contribution in [-0.4, -0.2) is 66.1 Å². The van der Waals surface area contributed by atoms with Crippen molar-refractivity contribution >= 4 is 15.9 Å². The van der Waals surface area contributed by atoms with Gasteiger partial charge < -0.3 is 18.9 Å². The molecular formula is C18H22F3N3O6S. The first kappa shape index (κ1) is 23.3. The molecular weight excluding hydrogens is 443 g/mol. The molecule has 0 aliphatic carbocycles. The van der Waals surface area contributed by atoms with E-state index < -0.39 is 39.9 Å². The van der Waals surface area contributed by atoms with Crippen LogP contribution in [-0.2, 0) is 20.4 Å². The highest BCUT2D eigenvalue weighted by atomic mass is 32.2. The molecule has 1 aliphatic rings. The van der Waals surface area contributed by atoms with Crippen LogP contribution >= 0.6 is 0 Å². The largest absolute Gasteiger partial charge is 0.463 e. The fourth-order valence-corrected chi connectivity index (χ4v) is 5.18. The molecule has 31 heavy (non-hydrogen) atoms. The monoisotopic (exact) mass is 465 g/mol. The summed E-state index contributed by atoms with van der Waals surface area (Å²) in [5.74, 6) is -1.46. The van der Waals surface area contributed by atoms with Crippen LogP contribution in [0.5, 0.6) is 0 Å². The Bertz CT molecular complexity index is 1050. The zero-order valence-corrected chi connectivity index (χ0v) is 17.9. The second kappa shape index (κ2) is 7.95. The third-order valence-electron chi connectivity index (χ3n) is 5.18. The predicted molar refractivity (Wildman–Crippen MR) is 99.3 cm³/mol. The lowest BCUT2D eigenvalue weighted by molar-refractivity contribution is -0.274. The van der Waals surface area contributed by atoms with Gasteiger partial charge in [0.05, 0.1) is 6.42 Å². The van der Waals surface area contributed by atoms with Crippen LogP contribution < -0.4 is 0 Å². The maximum absolute atomic E-state index is 13.6. The van der Waals surface area contributed by atoms with Crippen molar-refractivity contribution in [2.45, 2.75) is 43.9 Å². The fourth-order valence-electron chi connectivity index (χ4n) is 3.46. The molecule has 0 spiro atoms. The number of sulfonamides is 1. The van der Waals surface area contributed by atoms with Crippen LogP contribution in [0.2, 0.25) is 0 Å². The van der Waals surface area contributed by atoms with Crippen LogP contribution in [0.1, 0.15) is 29.4 Å². The van der Waals surface area contributed by atoms with E-state index in [1.54, 1.807) is 0 Å². The first-order chi connectivity index (χ1) is 14.3. The summed E-state index contributed by atoms with van der Waals surface area (Å²) in [5, 5.41) is 13.9. The molecule has 3 rings (SSSR count). The number of aryl methyl sites for hydroxylation is 3. The van der Waals surface area contributed by atoms with Crippen LogP contribution in [0.25, 0.3) is 0 Å². The van der Waals surface area contributed by atoms with Gasteiger partial charge in [-0.3, -0.25) is 4.79 Å². The lowest BCUT2D eigenvalue weighted by Gasteiger charge is -2.36. The summed E-state index contributed by atoms with van der Waals surface area (Å²) in [6.07, 6.45) is -6.43. The van der Waals surface area contributed by atoms with E-state index in [1.807, 2.05) is 0 Å². The summed E-state index contributed by atoms with van der Waals surface area (Å²) in [6, 6.07) is 2.24. The van der Waals surface area contributed by atoms with Gasteiger partial charge >= 0.3 is 6.18 Å². The molecule has 13 heteroatoms. The number of amides is 1. The van der Waals surface area contributed by atoms with E-state index in [0.29, 0.717) is 0 Å². The van der Waals surface area contributed by atoms with Crippen molar-refractivity contribution in [3.05, 3.63) is 35.1 Å². The Morgan fingerprint density at radius 3 is 2.23 bits per heavy atom. The highest BCUT2D eigenvalue weighted by Crippen LogP contribution is 2.42. The SMILES string of the molecule is Cc1ccc([C@@](O)(CC(=O)N2CCN(S(=O)(=O)c3c(C)noc3C)CC2)C(F)(F)F)o1. The molecule has 2 aromatic rings. The van der Waals surface area contributed by atoms with Crippen molar-refractivity contribution in [1.29, 1.82) is 0 Å². The normalized spacial score (nSPS) is 18.2. The van der Waals surface area contributed by atoms with E-state index >= 15 is 0 Å². The molecule has 1 atom stereocenters. The average molecular weight is 465 g/mol. The minimum Gasteiger partial charge on any atom is -0.463 e. The first-order valence-corrected chi connectivity index (χ1v) is 10.8. The Morgan fingerprint density at radius 1 is 1.16 bits per heavy atom. The van der Waals surface area contributed by atoms with Crippen LogP contribution in [0, 0.1) is 20.8 Å². The Labute approximate surface area is 176 Å². The maximum Gasteiger partial charge on any atom is 0.425 e. The molecule has 0 unspecified atom stereocenters. The van der Waals surface area contributed by atoms with E-state index in [4.69, 9.17) is 8.94 Å². The second-order valence-corrected chi connectivity index (χ2v) is 9.26. The third kappa shape index (κ3) is 4.21. The molecule has 0 radical (unpaired) electrons. The van der Waals surface area contributed by atoms with Crippen molar-refractivity contribution in [3.8, 4) is 0 Å². The van der Waals surface area contributed by atoms with E-state index in [9.17, 15) is 31.5 Å². The van der Waals surface area contributed by atoms with Crippen molar-refractivity contribution in [3.63, 3.8) is 0 Å². The Morgan fingerprint density at radius 2 is 1.77 bits per heavy atom. The minimum absolute atomic E-state index is 0.0630. The maximum atomic E-state index is 13.6. The highest BCUT2D eigenvalue weighted by Gasteiger charge is 2.58. The lowest BCUT2D eigenvalue weighted by Crippen LogP contribution is -2.53. The van der Waals surface area contributed by atoms with Gasteiger partial charge in [0.15, 0.2) is 5.76 Å². The number of carbonyl (C=O) groups excluding carboxylic acids is 1. The molecule has 172 valence electrons. The van der Waals surface area contributed by atoms with Gasteiger partial charge in [0.1, 0.15) is 22.1 Å². The van der Waals surface area contributed by atoms with Gasteiger partial charge in [-0.25, -0.2) is 8.42 Å². The van der Waals surface area contributed by atoms with Crippen molar-refractivity contribution in [1.82, 2.24) is 14.4 Å². The summed E-state index contributed by atoms with van der Waals surface area (Å²) in [4.78, 5) is 13.6. The number of furan rings is 1. The van der Waals surface area contributed by atoms with Gasteiger partial charge in [0.2, 0.25) is 21.5 Å². The number of nitrogens with zero attached hydrogens (tertiary/aromatic N) is 3. The lowest BCUT2D eigenvalue weighted by atomic mass is 9.94. The molecule has 3 heterocycles. The summed E-state index contributed by atoms with van der Waals surface area (Å²) in [6.45, 7) is 3.85. The number of hydrogen-bond acceptors (Lipinski definition) is 7. The van der Waals surface area contributed by atoms with Crippen LogP contribution in [0.15, 0.2) is 26.0 Å². The molecule has 1 aliphatic heterocycles. The van der Waals surface area contributed by atoms with Crippen molar-refractivity contribution in [2.24, 2.45) is 0 Å². The van der Waals surface area contributed by atoms with E-state index in [2.05, 4.69) is 5.16 Å². The molecule has 0 aromatic carbocycles. The van der Waals surface area contributed by atoms with Gasteiger partial charge in [-0.05, 0) is 32.9 Å². The zero-order valence-electron chi connectivity index (χ0n) is 17.1. The number of hydrogen-bond donors (Lipinski definition) is 1. The van der Waals surface area contributed by atoms with E-state index in [-0.39, 0.29) is 48.3 Å². The fraction of sp³-hybridized carbons (Fsp3) is 0.556. The summed E-state index contributed by atoms with van der Waals surface area (Å²) < 4.78 is 77.4. The molecule has 1 fully saturated rings. The summed E-state index contributed by atoms with van der Waals surface area (Å²) >= 11 is 0. The quantitative estimate of drug-likeness (QED) is 0.716. The van der Waals surface area contributed by atoms with E-state index in [0.717, 1.165) is 15.3 Å². The number of rotatable bonds is 5. The Balaban J connectivity index is 1.73. The molecule has 0 bridgehead atoms. The van der Waals surface area contributed by atoms with Crippen LogP contribution in [0.4, 0.5) is 13.2 Å². The summed E-state index contributed by atoms with van der Waals surface area (Å²) in [7, 11) is -3.93. The first-order valence-electron chi connectivity index (χ1n) is 9.34. The average Bonchev–Trinajstić information content (AvgIpc) is 3.26. The van der Waals surface area contributed by atoms with Crippen LogP contribution in [0.3, 0.4) is 0 Å². The molecule has 9 nitrogen and oxygen atoms in total. The number of carbonyl (C=O) groups is 1. The van der Waals surface area contributed by atoms with Gasteiger partial charge in [-0.15, -0.1) is 0 Å². The van der Waals surface area contributed by atoms with Crippen molar-refractivity contribution < 1.29 is 40.4 Å². The number of aromatic nitrogens is 1. The van der Waals surface area contributed by atoms with Gasteiger partial charge in [0, 0.05) is 26.2 Å². The zero-order chi connectivity index (χ0) is 23.2. The third-order valence-corrected chi connectivity index (χ3v) is 7.32. The second-order valence-electron chi connectivity index (χ2n) is 7.38. The Kier molecular flexibility index (Phi) is 5.97. The Hall–Kier alpha value is -2.38. The molecule has 1 amide bonds. The topological polar surface area (TPSA) is 117 Å². The summed E-state index contributed by atoms with van der Waals surface area (Å²) in [5.41, 5.74) is -3.29. The minimum atomic E-state index is -5.15. The molecule has 0 saturated carbocycles. The predicted octanol–water partition coefficient (Wildman–Crippen LogP) is 1.87.